The number of nitrogens with zero attached hydrogens (tertiary/aromatic N) is 1. The van der Waals surface area contributed by atoms with Crippen molar-refractivity contribution in [2.45, 2.75) is 53.5 Å². The molecule has 8 heteroatoms. The zero-order valence-corrected chi connectivity index (χ0v) is 16.7. The summed E-state index contributed by atoms with van der Waals surface area (Å²) in [4.78, 5) is 53.6. The number of amides is 3. The molecule has 2 N–H and O–H groups in total. The standard InChI is InChI=1S/C19H27N3O5/c1-7-27-16(24)14-11(4)15(20-12(14)5)13(23)9-22-17(25)19(6,8-10(2)3)21-18(22)26/h10,20H,7-9H2,1-6H3,(H,21,26)/t19-/m0/s1. The number of Topliss-reactive ketones (excluding diaryl/α,β-unsaturated/α-hetero) is 1. The predicted octanol–water partition coefficient (Wildman–Crippen LogP) is 2.35. The van der Waals surface area contributed by atoms with Crippen molar-refractivity contribution in [2.24, 2.45) is 5.92 Å². The summed E-state index contributed by atoms with van der Waals surface area (Å²) in [6.07, 6.45) is 0.482. The summed E-state index contributed by atoms with van der Waals surface area (Å²) in [6, 6.07) is -0.581. The van der Waals surface area contributed by atoms with Crippen molar-refractivity contribution in [2.75, 3.05) is 13.2 Å². The number of aryl methyl sites for hydroxylation is 1. The summed E-state index contributed by atoms with van der Waals surface area (Å²) in [5.41, 5.74) is 0.460. The summed E-state index contributed by atoms with van der Waals surface area (Å²) in [7, 11) is 0. The Morgan fingerprint density at radius 1 is 1.22 bits per heavy atom. The van der Waals surface area contributed by atoms with Crippen LogP contribution in [-0.4, -0.2) is 52.3 Å². The first-order valence-corrected chi connectivity index (χ1v) is 9.05. The summed E-state index contributed by atoms with van der Waals surface area (Å²) >= 11 is 0. The van der Waals surface area contributed by atoms with Gasteiger partial charge < -0.3 is 15.0 Å². The van der Waals surface area contributed by atoms with Crippen LogP contribution >= 0.6 is 0 Å². The van der Waals surface area contributed by atoms with E-state index in [1.165, 1.54) is 0 Å². The van der Waals surface area contributed by atoms with Gasteiger partial charge in [0.15, 0.2) is 5.78 Å². The molecule has 0 bridgehead atoms. The first-order valence-electron chi connectivity index (χ1n) is 9.05. The summed E-state index contributed by atoms with van der Waals surface area (Å²) < 4.78 is 5.02. The number of nitrogens with one attached hydrogen (secondary N) is 2. The number of hydrogen-bond acceptors (Lipinski definition) is 5. The first-order chi connectivity index (χ1) is 12.5. The zero-order valence-electron chi connectivity index (χ0n) is 16.7. The minimum Gasteiger partial charge on any atom is -0.462 e. The molecule has 0 aromatic carbocycles. The molecule has 2 rings (SSSR count). The third-order valence-electron chi connectivity index (χ3n) is 4.66. The molecular weight excluding hydrogens is 350 g/mol. The van der Waals surface area contributed by atoms with Gasteiger partial charge in [-0.3, -0.25) is 14.5 Å². The van der Waals surface area contributed by atoms with Gasteiger partial charge in [0.1, 0.15) is 5.54 Å². The lowest BCUT2D eigenvalue weighted by Gasteiger charge is -2.23. The van der Waals surface area contributed by atoms with Gasteiger partial charge in [0.2, 0.25) is 0 Å². The number of aromatic amines is 1. The molecule has 1 atom stereocenters. The topological polar surface area (TPSA) is 109 Å². The number of esters is 1. The van der Waals surface area contributed by atoms with Crippen LogP contribution in [0.25, 0.3) is 0 Å². The Morgan fingerprint density at radius 3 is 2.41 bits per heavy atom. The third-order valence-corrected chi connectivity index (χ3v) is 4.66. The predicted molar refractivity (Wildman–Crippen MR) is 98.7 cm³/mol. The smallest absolute Gasteiger partial charge is 0.340 e. The maximum absolute atomic E-state index is 12.7. The molecule has 1 aliphatic rings. The molecule has 1 fully saturated rings. The molecule has 0 unspecified atom stereocenters. The second kappa shape index (κ2) is 7.54. The molecule has 27 heavy (non-hydrogen) atoms. The van der Waals surface area contributed by atoms with Gasteiger partial charge in [0.05, 0.1) is 24.4 Å². The van der Waals surface area contributed by atoms with Crippen LogP contribution in [0.3, 0.4) is 0 Å². The van der Waals surface area contributed by atoms with Gasteiger partial charge in [0.25, 0.3) is 5.91 Å². The Morgan fingerprint density at radius 2 is 1.85 bits per heavy atom. The van der Waals surface area contributed by atoms with Crippen molar-refractivity contribution in [3.8, 4) is 0 Å². The highest BCUT2D eigenvalue weighted by Crippen LogP contribution is 2.26. The number of aromatic nitrogens is 1. The van der Waals surface area contributed by atoms with Gasteiger partial charge in [-0.1, -0.05) is 13.8 Å². The van der Waals surface area contributed by atoms with Crippen LogP contribution in [0, 0.1) is 19.8 Å². The SMILES string of the molecule is CCOC(=O)c1c(C)[nH]c(C(=O)CN2C(=O)N[C@@](C)(CC(C)C)C2=O)c1C. The van der Waals surface area contributed by atoms with Gasteiger partial charge in [-0.25, -0.2) is 9.59 Å². The number of imide groups is 1. The average molecular weight is 377 g/mol. The number of carbonyl (C=O) groups excluding carboxylic acids is 4. The maximum Gasteiger partial charge on any atom is 0.340 e. The fourth-order valence-electron chi connectivity index (χ4n) is 3.61. The molecular formula is C19H27N3O5. The molecule has 0 radical (unpaired) electrons. The highest BCUT2D eigenvalue weighted by atomic mass is 16.5. The number of urea groups is 1. The number of ether oxygens (including phenoxy) is 1. The summed E-state index contributed by atoms with van der Waals surface area (Å²) in [5.74, 6) is -1.16. The van der Waals surface area contributed by atoms with E-state index in [9.17, 15) is 19.2 Å². The molecule has 148 valence electrons. The van der Waals surface area contributed by atoms with Crippen LogP contribution in [0.5, 0.6) is 0 Å². The Balaban J connectivity index is 2.23. The quantitative estimate of drug-likeness (QED) is 0.431. The van der Waals surface area contributed by atoms with E-state index in [-0.39, 0.29) is 24.8 Å². The van der Waals surface area contributed by atoms with E-state index in [2.05, 4.69) is 10.3 Å². The van der Waals surface area contributed by atoms with E-state index in [0.717, 1.165) is 4.90 Å². The highest BCUT2D eigenvalue weighted by Gasteiger charge is 2.48. The molecule has 0 spiro atoms. The van der Waals surface area contributed by atoms with E-state index in [0.29, 0.717) is 23.2 Å². The number of carbonyl (C=O) groups is 4. The lowest BCUT2D eigenvalue weighted by Crippen LogP contribution is -2.45. The van der Waals surface area contributed by atoms with E-state index in [1.54, 1.807) is 27.7 Å². The van der Waals surface area contributed by atoms with Crippen LogP contribution in [0.15, 0.2) is 0 Å². The van der Waals surface area contributed by atoms with E-state index < -0.39 is 29.2 Å². The van der Waals surface area contributed by atoms with Crippen LogP contribution in [0.1, 0.15) is 66.2 Å². The van der Waals surface area contributed by atoms with Crippen molar-refractivity contribution < 1.29 is 23.9 Å². The minimum absolute atomic E-state index is 0.202. The second-order valence-corrected chi connectivity index (χ2v) is 7.52. The monoisotopic (exact) mass is 377 g/mol. The van der Waals surface area contributed by atoms with Crippen molar-refractivity contribution in [3.63, 3.8) is 0 Å². The van der Waals surface area contributed by atoms with Gasteiger partial charge in [0, 0.05) is 5.69 Å². The molecule has 2 heterocycles. The van der Waals surface area contributed by atoms with Crippen LogP contribution < -0.4 is 5.32 Å². The fraction of sp³-hybridized carbons (Fsp3) is 0.579. The molecule has 1 aromatic rings. The van der Waals surface area contributed by atoms with E-state index >= 15 is 0 Å². The molecule has 1 aromatic heterocycles. The third kappa shape index (κ3) is 3.89. The highest BCUT2D eigenvalue weighted by molar-refractivity contribution is 6.11. The first kappa shape index (κ1) is 20.7. The van der Waals surface area contributed by atoms with Gasteiger partial charge in [-0.2, -0.15) is 0 Å². The van der Waals surface area contributed by atoms with E-state index in [1.807, 2.05) is 13.8 Å². The molecule has 8 nitrogen and oxygen atoms in total. The van der Waals surface area contributed by atoms with Crippen molar-refractivity contribution in [1.82, 2.24) is 15.2 Å². The number of ketones is 1. The minimum atomic E-state index is -1.01. The lowest BCUT2D eigenvalue weighted by molar-refractivity contribution is -0.131. The van der Waals surface area contributed by atoms with Gasteiger partial charge in [-0.15, -0.1) is 0 Å². The molecule has 3 amide bonds. The Hall–Kier alpha value is -2.64. The molecule has 0 saturated carbocycles. The lowest BCUT2D eigenvalue weighted by atomic mass is 9.91. The second-order valence-electron chi connectivity index (χ2n) is 7.52. The molecule has 1 saturated heterocycles. The van der Waals surface area contributed by atoms with Crippen LogP contribution in [0.2, 0.25) is 0 Å². The number of hydrogen-bond donors (Lipinski definition) is 2. The van der Waals surface area contributed by atoms with Crippen molar-refractivity contribution >= 4 is 23.7 Å². The van der Waals surface area contributed by atoms with Gasteiger partial charge >= 0.3 is 12.0 Å². The van der Waals surface area contributed by atoms with E-state index in [4.69, 9.17) is 4.74 Å². The van der Waals surface area contributed by atoms with Gasteiger partial charge in [-0.05, 0) is 45.6 Å². The molecule has 1 aliphatic heterocycles. The number of rotatable bonds is 7. The molecule has 0 aliphatic carbocycles. The van der Waals surface area contributed by atoms with Crippen molar-refractivity contribution in [1.29, 1.82) is 0 Å². The van der Waals surface area contributed by atoms with Crippen molar-refractivity contribution in [3.05, 3.63) is 22.5 Å². The Bertz CT molecular complexity index is 796. The maximum atomic E-state index is 12.7. The zero-order chi connectivity index (χ0) is 20.5. The number of H-pyrrole nitrogens is 1. The Kier molecular flexibility index (Phi) is 5.77. The normalized spacial score (nSPS) is 19.6. The van der Waals surface area contributed by atoms with Crippen LogP contribution in [0.4, 0.5) is 4.79 Å². The fourth-order valence-corrected chi connectivity index (χ4v) is 3.61. The Labute approximate surface area is 158 Å². The average Bonchev–Trinajstić information content (AvgIpc) is 2.95. The summed E-state index contributed by atoms with van der Waals surface area (Å²) in [5, 5.41) is 2.69. The summed E-state index contributed by atoms with van der Waals surface area (Å²) in [6.45, 7) is 10.4. The largest absolute Gasteiger partial charge is 0.462 e. The van der Waals surface area contributed by atoms with Crippen LogP contribution in [-0.2, 0) is 9.53 Å².